The molecule has 0 radical (unpaired) electrons. The second-order valence-corrected chi connectivity index (χ2v) is 3.75. The summed E-state index contributed by atoms with van der Waals surface area (Å²) in [5, 5.41) is 0.993. The molecule has 2 heterocycles. The lowest BCUT2D eigenvalue weighted by Gasteiger charge is -1.98. The number of halogens is 1. The summed E-state index contributed by atoms with van der Waals surface area (Å²) in [6.07, 6.45) is 1.15. The largest absolute Gasteiger partial charge is 0.365 e. The first-order valence-corrected chi connectivity index (χ1v) is 5.03. The topological polar surface area (TPSA) is 71.8 Å². The van der Waals surface area contributed by atoms with Gasteiger partial charge in [-0.3, -0.25) is 4.79 Å². The van der Waals surface area contributed by atoms with Crippen molar-refractivity contribution in [1.29, 1.82) is 0 Å². The molecule has 0 bridgehead atoms. The third-order valence-electron chi connectivity index (χ3n) is 2.75. The van der Waals surface area contributed by atoms with Gasteiger partial charge in [-0.2, -0.15) is 4.39 Å². The average Bonchev–Trinajstić information content (AvgIpc) is 2.68. The first-order chi connectivity index (χ1) is 8.18. The Kier molecular flexibility index (Phi) is 1.89. The van der Waals surface area contributed by atoms with Gasteiger partial charge < -0.3 is 10.7 Å². The van der Waals surface area contributed by atoms with Crippen molar-refractivity contribution >= 4 is 27.7 Å². The van der Waals surface area contributed by atoms with Gasteiger partial charge in [0.15, 0.2) is 0 Å². The van der Waals surface area contributed by atoms with Gasteiger partial charge in [-0.15, -0.1) is 0 Å². The van der Waals surface area contributed by atoms with Gasteiger partial charge in [-0.05, 0) is 6.07 Å². The summed E-state index contributed by atoms with van der Waals surface area (Å²) in [6, 6.07) is 7.20. The molecular formula is C12H8FN3O. The van der Waals surface area contributed by atoms with Crippen LogP contribution in [-0.2, 0) is 0 Å². The predicted octanol–water partition coefficient (Wildman–Crippen LogP) is 1.95. The Labute approximate surface area is 95.3 Å². The zero-order valence-corrected chi connectivity index (χ0v) is 8.70. The van der Waals surface area contributed by atoms with Crippen molar-refractivity contribution < 1.29 is 9.18 Å². The van der Waals surface area contributed by atoms with E-state index in [1.54, 1.807) is 18.2 Å². The lowest BCUT2D eigenvalue weighted by Crippen LogP contribution is -2.12. The Morgan fingerprint density at radius 1 is 1.35 bits per heavy atom. The summed E-state index contributed by atoms with van der Waals surface area (Å²) in [5.41, 5.74) is 6.56. The van der Waals surface area contributed by atoms with Crippen molar-refractivity contribution in [2.24, 2.45) is 5.73 Å². The Bertz CT molecular complexity index is 748. The van der Waals surface area contributed by atoms with Gasteiger partial charge in [-0.25, -0.2) is 4.98 Å². The van der Waals surface area contributed by atoms with Gasteiger partial charge in [0.05, 0.1) is 16.5 Å². The number of nitrogens with one attached hydrogen (secondary N) is 1. The first-order valence-electron chi connectivity index (χ1n) is 5.03. The Hall–Kier alpha value is -2.43. The molecule has 4 nitrogen and oxygen atoms in total. The third kappa shape index (κ3) is 1.29. The van der Waals surface area contributed by atoms with E-state index in [9.17, 15) is 9.18 Å². The fraction of sp³-hybridized carbons (Fsp3) is 0. The Morgan fingerprint density at radius 2 is 2.12 bits per heavy atom. The van der Waals surface area contributed by atoms with Gasteiger partial charge in [0, 0.05) is 17.1 Å². The summed E-state index contributed by atoms with van der Waals surface area (Å²) >= 11 is 0. The van der Waals surface area contributed by atoms with E-state index in [1.165, 1.54) is 0 Å². The van der Waals surface area contributed by atoms with E-state index in [-0.39, 0.29) is 5.56 Å². The minimum atomic E-state index is -0.631. The molecule has 17 heavy (non-hydrogen) atoms. The summed E-state index contributed by atoms with van der Waals surface area (Å²) < 4.78 is 13.7. The highest BCUT2D eigenvalue weighted by Crippen LogP contribution is 2.28. The fourth-order valence-corrected chi connectivity index (χ4v) is 2.00. The second kappa shape index (κ2) is 3.28. The highest BCUT2D eigenvalue weighted by Gasteiger charge is 2.15. The molecule has 0 saturated heterocycles. The maximum Gasteiger partial charge on any atom is 0.252 e. The van der Waals surface area contributed by atoms with Crippen LogP contribution in [-0.4, -0.2) is 15.9 Å². The molecule has 2 aromatic heterocycles. The SMILES string of the molecule is NC(=O)c1cnc(F)c2c1[nH]c1ccccc12. The summed E-state index contributed by atoms with van der Waals surface area (Å²) in [5.74, 6) is -1.24. The molecule has 0 saturated carbocycles. The van der Waals surface area contributed by atoms with Crippen LogP contribution in [0.5, 0.6) is 0 Å². The number of nitrogens with zero attached hydrogens (tertiary/aromatic N) is 1. The Morgan fingerprint density at radius 3 is 2.88 bits per heavy atom. The highest BCUT2D eigenvalue weighted by atomic mass is 19.1. The second-order valence-electron chi connectivity index (χ2n) is 3.75. The van der Waals surface area contributed by atoms with Gasteiger partial charge in [0.2, 0.25) is 5.95 Å². The van der Waals surface area contributed by atoms with Gasteiger partial charge in [-0.1, -0.05) is 18.2 Å². The smallest absolute Gasteiger partial charge is 0.252 e. The minimum absolute atomic E-state index is 0.192. The molecule has 1 amide bonds. The van der Waals surface area contributed by atoms with Crippen LogP contribution in [0.4, 0.5) is 4.39 Å². The number of aromatic amines is 1. The lowest BCUT2D eigenvalue weighted by molar-refractivity contribution is 0.100. The molecule has 3 N–H and O–H groups in total. The minimum Gasteiger partial charge on any atom is -0.365 e. The van der Waals surface area contributed by atoms with Gasteiger partial charge in [0.1, 0.15) is 0 Å². The van der Waals surface area contributed by atoms with E-state index in [4.69, 9.17) is 5.73 Å². The number of H-pyrrole nitrogens is 1. The predicted molar refractivity (Wildman–Crippen MR) is 62.1 cm³/mol. The van der Waals surface area contributed by atoms with Gasteiger partial charge >= 0.3 is 0 Å². The lowest BCUT2D eigenvalue weighted by atomic mass is 10.1. The van der Waals surface area contributed by atoms with Crippen LogP contribution >= 0.6 is 0 Å². The summed E-state index contributed by atoms with van der Waals surface area (Å²) in [6.45, 7) is 0. The molecule has 84 valence electrons. The monoisotopic (exact) mass is 229 g/mol. The summed E-state index contributed by atoms with van der Waals surface area (Å²) in [4.78, 5) is 17.8. The number of carbonyl (C=O) groups excluding carboxylic acids is 1. The van der Waals surface area contributed by atoms with E-state index in [0.29, 0.717) is 16.3 Å². The van der Waals surface area contributed by atoms with Crippen molar-refractivity contribution in [3.63, 3.8) is 0 Å². The molecule has 3 aromatic rings. The number of pyridine rings is 1. The number of amides is 1. The number of fused-ring (bicyclic) bond motifs is 3. The molecule has 0 aliphatic rings. The van der Waals surface area contributed by atoms with Crippen LogP contribution in [0.25, 0.3) is 21.8 Å². The summed E-state index contributed by atoms with van der Waals surface area (Å²) in [7, 11) is 0. The van der Waals surface area contributed by atoms with Gasteiger partial charge in [0.25, 0.3) is 5.91 Å². The zero-order valence-electron chi connectivity index (χ0n) is 8.70. The van der Waals surface area contributed by atoms with Crippen molar-refractivity contribution in [2.45, 2.75) is 0 Å². The van der Waals surface area contributed by atoms with E-state index < -0.39 is 11.9 Å². The highest BCUT2D eigenvalue weighted by molar-refractivity contribution is 6.14. The number of hydrogen-bond donors (Lipinski definition) is 2. The van der Waals surface area contributed by atoms with Crippen LogP contribution in [0.3, 0.4) is 0 Å². The van der Waals surface area contributed by atoms with E-state index >= 15 is 0 Å². The molecule has 0 aliphatic heterocycles. The normalized spacial score (nSPS) is 11.1. The molecule has 0 spiro atoms. The molecule has 0 unspecified atom stereocenters. The van der Waals surface area contributed by atoms with E-state index in [1.807, 2.05) is 6.07 Å². The number of rotatable bonds is 1. The first kappa shape index (κ1) is 9.77. The molecule has 1 aromatic carbocycles. The van der Waals surface area contributed by atoms with Crippen molar-refractivity contribution in [2.75, 3.05) is 0 Å². The van der Waals surface area contributed by atoms with Crippen molar-refractivity contribution in [3.05, 3.63) is 42.0 Å². The van der Waals surface area contributed by atoms with Crippen LogP contribution in [0, 0.1) is 5.95 Å². The molecule has 0 fully saturated rings. The van der Waals surface area contributed by atoms with Crippen LogP contribution in [0.1, 0.15) is 10.4 Å². The fourth-order valence-electron chi connectivity index (χ4n) is 2.00. The number of para-hydroxylation sites is 1. The number of benzene rings is 1. The maximum absolute atomic E-state index is 13.7. The van der Waals surface area contributed by atoms with Crippen LogP contribution in [0.2, 0.25) is 0 Å². The quantitative estimate of drug-likeness (QED) is 0.626. The van der Waals surface area contributed by atoms with E-state index in [0.717, 1.165) is 11.7 Å². The zero-order chi connectivity index (χ0) is 12.0. The average molecular weight is 229 g/mol. The molecule has 3 rings (SSSR count). The van der Waals surface area contributed by atoms with Crippen molar-refractivity contribution in [1.82, 2.24) is 9.97 Å². The maximum atomic E-state index is 13.7. The number of aromatic nitrogens is 2. The molecule has 5 heteroatoms. The third-order valence-corrected chi connectivity index (χ3v) is 2.75. The van der Waals surface area contributed by atoms with Crippen LogP contribution < -0.4 is 5.73 Å². The van der Waals surface area contributed by atoms with Crippen molar-refractivity contribution in [3.8, 4) is 0 Å². The number of carbonyl (C=O) groups is 1. The number of hydrogen-bond acceptors (Lipinski definition) is 2. The molecule has 0 aliphatic carbocycles. The van der Waals surface area contributed by atoms with E-state index in [2.05, 4.69) is 9.97 Å². The Balaban J connectivity index is 2.58. The molecular weight excluding hydrogens is 221 g/mol. The van der Waals surface area contributed by atoms with Crippen LogP contribution in [0.15, 0.2) is 30.5 Å². The number of primary amides is 1. The standard InChI is InChI=1S/C12H8FN3O/c13-11-9-6-3-1-2-4-8(6)16-10(9)7(5-15-11)12(14)17/h1-5,16H,(H2,14,17). The molecule has 0 atom stereocenters. The number of nitrogens with two attached hydrogens (primary N) is 1.